The zero-order chi connectivity index (χ0) is 22.7. The summed E-state index contributed by atoms with van der Waals surface area (Å²) in [6.07, 6.45) is 5.13. The smallest absolute Gasteiger partial charge is 0.276 e. The van der Waals surface area contributed by atoms with Gasteiger partial charge in [-0.2, -0.15) is 5.10 Å². The fourth-order valence-corrected chi connectivity index (χ4v) is 3.58. The Morgan fingerprint density at radius 2 is 1.97 bits per heavy atom. The molecule has 0 aliphatic carbocycles. The molecule has 0 bridgehead atoms. The maximum absolute atomic E-state index is 12.5. The second-order valence-electron chi connectivity index (χ2n) is 6.91. The van der Waals surface area contributed by atoms with E-state index in [-0.39, 0.29) is 16.5 Å². The summed E-state index contributed by atoms with van der Waals surface area (Å²) >= 11 is 0. The molecule has 2 amide bonds. The van der Waals surface area contributed by atoms with Crippen LogP contribution in [0.5, 0.6) is 0 Å². The van der Waals surface area contributed by atoms with Crippen molar-refractivity contribution in [1.82, 2.24) is 14.9 Å². The topological polar surface area (TPSA) is 161 Å². The fraction of sp³-hybridized carbons (Fsp3) is 0.100. The quantitative estimate of drug-likeness (QED) is 0.386. The number of sulfonamides is 1. The molecule has 11 nitrogen and oxygen atoms in total. The van der Waals surface area contributed by atoms with E-state index in [4.69, 9.17) is 5.14 Å². The van der Waals surface area contributed by atoms with Gasteiger partial charge < -0.3 is 15.2 Å². The number of hydrogen-bond donors (Lipinski definition) is 4. The largest absolute Gasteiger partial charge is 0.350 e. The summed E-state index contributed by atoms with van der Waals surface area (Å²) in [7, 11) is -3.80. The molecular weight excluding hydrogens is 434 g/mol. The third-order valence-electron chi connectivity index (χ3n) is 4.69. The summed E-state index contributed by atoms with van der Waals surface area (Å²) < 4.78 is 24.5. The second-order valence-corrected chi connectivity index (χ2v) is 8.47. The SMILES string of the molecule is NS(=O)(=O)c1ccc(NN=C2C(=O)Nc3ccc(C(=O)NCCn4ccnc4)cc32)cc1. The number of carbonyl (C=O) groups excluding carboxylic acids is 2. The standard InChI is InChI=1S/C20H19N7O4S/c21-32(30,31)15-4-2-14(3-5-15)25-26-18-16-11-13(1-6-17(16)24-20(18)29)19(28)23-8-10-27-9-7-22-12-27/h1-7,9,11-12,25H,8,10H2,(H,23,28)(H2,21,30,31)(H,24,26,29). The van der Waals surface area contributed by atoms with Gasteiger partial charge >= 0.3 is 0 Å². The second kappa shape index (κ2) is 8.61. The lowest BCUT2D eigenvalue weighted by Gasteiger charge is -2.07. The first-order valence-electron chi connectivity index (χ1n) is 9.47. The van der Waals surface area contributed by atoms with Crippen LogP contribution in [0.25, 0.3) is 0 Å². The highest BCUT2D eigenvalue weighted by Crippen LogP contribution is 2.25. The Hall–Kier alpha value is -4.03. The minimum Gasteiger partial charge on any atom is -0.350 e. The molecule has 2 aromatic carbocycles. The lowest BCUT2D eigenvalue weighted by Crippen LogP contribution is -2.27. The van der Waals surface area contributed by atoms with Crippen LogP contribution in [0.2, 0.25) is 0 Å². The minimum atomic E-state index is -3.80. The van der Waals surface area contributed by atoms with Crippen molar-refractivity contribution in [3.63, 3.8) is 0 Å². The number of rotatable bonds is 7. The Morgan fingerprint density at radius 1 is 1.19 bits per heavy atom. The van der Waals surface area contributed by atoms with E-state index >= 15 is 0 Å². The van der Waals surface area contributed by atoms with Crippen LogP contribution in [0.15, 0.2) is 71.2 Å². The van der Waals surface area contributed by atoms with Crippen LogP contribution < -0.4 is 21.2 Å². The molecule has 0 unspecified atom stereocenters. The molecule has 4 rings (SSSR count). The highest BCUT2D eigenvalue weighted by Gasteiger charge is 2.27. The number of nitrogens with zero attached hydrogens (tertiary/aromatic N) is 3. The molecule has 0 spiro atoms. The summed E-state index contributed by atoms with van der Waals surface area (Å²) in [5, 5.41) is 14.7. The number of amides is 2. The van der Waals surface area contributed by atoms with Gasteiger partial charge in [0.2, 0.25) is 10.0 Å². The molecule has 2 heterocycles. The Labute approximate surface area is 183 Å². The summed E-state index contributed by atoms with van der Waals surface area (Å²) in [4.78, 5) is 28.7. The molecule has 0 saturated heterocycles. The first-order valence-corrected chi connectivity index (χ1v) is 11.0. The van der Waals surface area contributed by atoms with E-state index in [2.05, 4.69) is 26.1 Å². The van der Waals surface area contributed by atoms with Gasteiger partial charge in [0, 0.05) is 36.6 Å². The Bertz CT molecular complexity index is 1300. The van der Waals surface area contributed by atoms with Crippen LogP contribution in [0.4, 0.5) is 11.4 Å². The van der Waals surface area contributed by atoms with Crippen molar-refractivity contribution in [1.29, 1.82) is 0 Å². The Morgan fingerprint density at radius 3 is 2.66 bits per heavy atom. The normalized spacial score (nSPS) is 14.2. The highest BCUT2D eigenvalue weighted by molar-refractivity contribution is 7.89. The lowest BCUT2D eigenvalue weighted by molar-refractivity contribution is -0.110. The summed E-state index contributed by atoms with van der Waals surface area (Å²) in [5.41, 5.74) is 4.68. The number of hydrazone groups is 1. The summed E-state index contributed by atoms with van der Waals surface area (Å²) in [6, 6.07) is 10.4. The number of benzene rings is 2. The third kappa shape index (κ3) is 4.66. The number of imidazole rings is 1. The number of anilines is 2. The van der Waals surface area contributed by atoms with Crippen LogP contribution >= 0.6 is 0 Å². The lowest BCUT2D eigenvalue weighted by atomic mass is 10.1. The molecule has 5 N–H and O–H groups in total. The third-order valence-corrected chi connectivity index (χ3v) is 5.62. The molecule has 12 heteroatoms. The van der Waals surface area contributed by atoms with Crippen molar-refractivity contribution < 1.29 is 18.0 Å². The Balaban J connectivity index is 1.47. The number of carbonyl (C=O) groups is 2. The molecule has 0 saturated carbocycles. The number of fused-ring (bicyclic) bond motifs is 1. The van der Waals surface area contributed by atoms with Gasteiger partial charge in [0.25, 0.3) is 11.8 Å². The average molecular weight is 453 g/mol. The zero-order valence-corrected chi connectivity index (χ0v) is 17.5. The van der Waals surface area contributed by atoms with E-state index in [9.17, 15) is 18.0 Å². The van der Waals surface area contributed by atoms with Crippen LogP contribution in [-0.2, 0) is 21.4 Å². The van der Waals surface area contributed by atoms with E-state index in [0.29, 0.717) is 35.6 Å². The van der Waals surface area contributed by atoms with Crippen molar-refractivity contribution in [2.24, 2.45) is 10.2 Å². The van der Waals surface area contributed by atoms with E-state index in [1.807, 2.05) is 4.57 Å². The average Bonchev–Trinajstić information content (AvgIpc) is 3.38. The monoisotopic (exact) mass is 453 g/mol. The Kier molecular flexibility index (Phi) is 5.71. The van der Waals surface area contributed by atoms with Crippen LogP contribution in [0.1, 0.15) is 15.9 Å². The molecule has 1 aliphatic rings. The van der Waals surface area contributed by atoms with E-state index in [1.165, 1.54) is 24.3 Å². The van der Waals surface area contributed by atoms with E-state index in [0.717, 1.165) is 0 Å². The van der Waals surface area contributed by atoms with Gasteiger partial charge in [-0.3, -0.25) is 15.0 Å². The predicted octanol–water partition coefficient (Wildman–Crippen LogP) is 0.729. The van der Waals surface area contributed by atoms with Gasteiger partial charge in [0.05, 0.1) is 22.6 Å². The fourth-order valence-electron chi connectivity index (χ4n) is 3.06. The molecular formula is C20H19N7O4S. The van der Waals surface area contributed by atoms with Crippen molar-refractivity contribution in [2.45, 2.75) is 11.4 Å². The van der Waals surface area contributed by atoms with Crippen LogP contribution in [0, 0.1) is 0 Å². The number of nitrogens with one attached hydrogen (secondary N) is 3. The first-order chi connectivity index (χ1) is 15.3. The molecule has 32 heavy (non-hydrogen) atoms. The van der Waals surface area contributed by atoms with E-state index < -0.39 is 15.9 Å². The van der Waals surface area contributed by atoms with Crippen molar-refractivity contribution in [3.8, 4) is 0 Å². The highest BCUT2D eigenvalue weighted by atomic mass is 32.2. The van der Waals surface area contributed by atoms with Gasteiger partial charge in [-0.15, -0.1) is 0 Å². The molecule has 1 aromatic heterocycles. The molecule has 164 valence electrons. The number of hydrogen-bond acceptors (Lipinski definition) is 7. The van der Waals surface area contributed by atoms with Gasteiger partial charge in [-0.1, -0.05) is 0 Å². The van der Waals surface area contributed by atoms with Crippen LogP contribution in [0.3, 0.4) is 0 Å². The zero-order valence-electron chi connectivity index (χ0n) is 16.6. The van der Waals surface area contributed by atoms with E-state index in [1.54, 1.807) is 36.9 Å². The number of primary sulfonamides is 1. The van der Waals surface area contributed by atoms with Crippen LogP contribution in [-0.4, -0.2) is 42.0 Å². The van der Waals surface area contributed by atoms with Crippen molar-refractivity contribution in [3.05, 3.63) is 72.3 Å². The van der Waals surface area contributed by atoms with Gasteiger partial charge in [-0.25, -0.2) is 18.5 Å². The predicted molar refractivity (Wildman–Crippen MR) is 118 cm³/mol. The van der Waals surface area contributed by atoms with Gasteiger partial charge in [-0.05, 0) is 42.5 Å². The maximum Gasteiger partial charge on any atom is 0.276 e. The van der Waals surface area contributed by atoms with Gasteiger partial charge in [0.1, 0.15) is 0 Å². The van der Waals surface area contributed by atoms with Crippen molar-refractivity contribution >= 4 is 38.9 Å². The summed E-state index contributed by atoms with van der Waals surface area (Å²) in [6.45, 7) is 0.998. The maximum atomic E-state index is 12.5. The van der Waals surface area contributed by atoms with Gasteiger partial charge in [0.15, 0.2) is 5.71 Å². The molecule has 0 fully saturated rings. The number of aromatic nitrogens is 2. The molecule has 3 aromatic rings. The molecule has 0 atom stereocenters. The first kappa shape index (κ1) is 21.2. The minimum absolute atomic E-state index is 0.0386. The summed E-state index contributed by atoms with van der Waals surface area (Å²) in [5.74, 6) is -0.704. The number of nitrogens with two attached hydrogens (primary N) is 1. The van der Waals surface area contributed by atoms with Crippen molar-refractivity contribution in [2.75, 3.05) is 17.3 Å². The molecule has 1 aliphatic heterocycles. The molecule has 0 radical (unpaired) electrons.